The van der Waals surface area contributed by atoms with E-state index >= 15 is 0 Å². The van der Waals surface area contributed by atoms with Crippen LogP contribution in [-0.2, 0) is 16.2 Å². The van der Waals surface area contributed by atoms with Crippen molar-refractivity contribution in [1.29, 1.82) is 0 Å². The second-order valence-electron chi connectivity index (χ2n) is 27.0. The first-order valence-electron chi connectivity index (χ1n) is 30.7. The number of furan rings is 2. The highest BCUT2D eigenvalue weighted by Crippen LogP contribution is 2.62. The quantitative estimate of drug-likeness (QED) is 0.166. The molecule has 0 saturated carbocycles. The molecule has 3 aliphatic carbocycles. The van der Waals surface area contributed by atoms with E-state index < -0.39 is 0 Å². The molecule has 0 saturated heterocycles. The average Bonchev–Trinajstić information content (AvgIpc) is 1.83. The highest BCUT2D eigenvalue weighted by Gasteiger charge is 2.46. The number of rotatable bonds is 6. The molecule has 3 aliphatic rings. The fourth-order valence-corrected chi connectivity index (χ4v) is 16.3. The maximum atomic E-state index is 7.27. The summed E-state index contributed by atoms with van der Waals surface area (Å²) in [7, 11) is 0. The van der Waals surface area contributed by atoms with Gasteiger partial charge in [0.25, 0.3) is 0 Å². The first-order valence-corrected chi connectivity index (χ1v) is 30.7. The molecule has 0 radical (unpaired) electrons. The van der Waals surface area contributed by atoms with Gasteiger partial charge in [-0.2, -0.15) is 0 Å². The Morgan fingerprint density at radius 2 is 0.565 bits per heavy atom. The highest BCUT2D eigenvalue weighted by atomic mass is 16.3. The van der Waals surface area contributed by atoms with E-state index in [1.54, 1.807) is 0 Å². The fraction of sp³-hybridized carbons (Fsp3) is 0.181. The summed E-state index contributed by atoms with van der Waals surface area (Å²) in [4.78, 5) is 0. The molecule has 0 N–H and O–H groups in total. The molecule has 0 unspecified atom stereocenters. The summed E-state index contributed by atoms with van der Waals surface area (Å²) in [6.07, 6.45) is 0. The number of hydrogen-bond acceptors (Lipinski definition) is 2. The molecule has 2 aromatic heterocycles. The molecule has 12 aromatic carbocycles. The molecule has 410 valence electrons. The van der Waals surface area contributed by atoms with Gasteiger partial charge in [0.05, 0.1) is 0 Å². The molecule has 2 heteroatoms. The topological polar surface area (TPSA) is 26.3 Å². The van der Waals surface area contributed by atoms with Crippen LogP contribution in [0.15, 0.2) is 215 Å². The Bertz CT molecular complexity index is 4920. The minimum absolute atomic E-state index is 0.260. The third-order valence-electron chi connectivity index (χ3n) is 20.6. The smallest absolute Gasteiger partial charge is 0.143 e. The molecule has 0 spiro atoms. The van der Waals surface area contributed by atoms with Gasteiger partial charge in [-0.05, 0) is 170 Å². The van der Waals surface area contributed by atoms with Crippen LogP contribution in [0.3, 0.4) is 0 Å². The zero-order valence-corrected chi connectivity index (χ0v) is 50.1. The predicted octanol–water partition coefficient (Wildman–Crippen LogP) is 23.6. The van der Waals surface area contributed by atoms with Crippen LogP contribution in [0.5, 0.6) is 0 Å². The molecule has 17 rings (SSSR count). The molecule has 0 aliphatic heterocycles. The van der Waals surface area contributed by atoms with Gasteiger partial charge in [0, 0.05) is 60.0 Å². The van der Waals surface area contributed by atoms with E-state index in [1.807, 2.05) is 0 Å². The molecule has 85 heavy (non-hydrogen) atoms. The van der Waals surface area contributed by atoms with Gasteiger partial charge in [-0.25, -0.2) is 0 Å². The van der Waals surface area contributed by atoms with Gasteiger partial charge < -0.3 is 8.83 Å². The number of para-hydroxylation sites is 2. The monoisotopic (exact) mass is 1090 g/mol. The molecule has 0 amide bonds. The van der Waals surface area contributed by atoms with Crippen molar-refractivity contribution in [1.82, 2.24) is 0 Å². The molecule has 2 nitrogen and oxygen atoms in total. The lowest BCUT2D eigenvalue weighted by atomic mass is 9.78. The summed E-state index contributed by atoms with van der Waals surface area (Å²) >= 11 is 0. The van der Waals surface area contributed by atoms with Crippen molar-refractivity contribution < 1.29 is 8.83 Å². The largest absolute Gasteiger partial charge is 0.455 e. The second-order valence-corrected chi connectivity index (χ2v) is 27.0. The lowest BCUT2D eigenvalue weighted by Gasteiger charge is -2.25. The van der Waals surface area contributed by atoms with Crippen LogP contribution < -0.4 is 0 Å². The van der Waals surface area contributed by atoms with E-state index in [0.717, 1.165) is 66.1 Å². The zero-order valence-electron chi connectivity index (χ0n) is 50.1. The van der Waals surface area contributed by atoms with E-state index in [2.05, 4.69) is 275 Å². The van der Waals surface area contributed by atoms with E-state index in [9.17, 15) is 0 Å². The maximum absolute atomic E-state index is 7.27. The van der Waals surface area contributed by atoms with Crippen molar-refractivity contribution in [2.75, 3.05) is 0 Å². The van der Waals surface area contributed by atoms with Crippen molar-refractivity contribution >= 4 is 65.4 Å². The molecule has 0 bridgehead atoms. The van der Waals surface area contributed by atoms with Crippen LogP contribution in [0.4, 0.5) is 0 Å². The summed E-state index contributed by atoms with van der Waals surface area (Å²) in [5.41, 5.74) is 31.4. The van der Waals surface area contributed by atoms with Crippen molar-refractivity contribution in [3.63, 3.8) is 0 Å². The maximum Gasteiger partial charge on any atom is 0.143 e. The van der Waals surface area contributed by atoms with Crippen LogP contribution in [0, 0.1) is 0 Å². The minimum Gasteiger partial charge on any atom is -0.455 e. The van der Waals surface area contributed by atoms with Gasteiger partial charge in [-0.3, -0.25) is 0 Å². The predicted molar refractivity (Wildman–Crippen MR) is 359 cm³/mol. The Hall–Kier alpha value is -9.24. The molecular formula is C83H66O2. The Labute approximate surface area is 497 Å². The van der Waals surface area contributed by atoms with Crippen molar-refractivity contribution in [2.24, 2.45) is 0 Å². The molecule has 14 aromatic rings. The third-order valence-corrected chi connectivity index (χ3v) is 20.6. The van der Waals surface area contributed by atoms with Gasteiger partial charge in [-0.1, -0.05) is 239 Å². The molecular weight excluding hydrogens is 1030 g/mol. The Morgan fingerprint density at radius 3 is 0.965 bits per heavy atom. The average molecular weight is 1100 g/mol. The van der Waals surface area contributed by atoms with Gasteiger partial charge in [-0.15, -0.1) is 0 Å². The molecule has 2 heterocycles. The lowest BCUT2D eigenvalue weighted by Crippen LogP contribution is -2.17. The second kappa shape index (κ2) is 17.4. The van der Waals surface area contributed by atoms with E-state index in [0.29, 0.717) is 0 Å². The van der Waals surface area contributed by atoms with Crippen LogP contribution in [0.2, 0.25) is 0 Å². The summed E-state index contributed by atoms with van der Waals surface area (Å²) in [6.45, 7) is 24.1. The summed E-state index contributed by atoms with van der Waals surface area (Å²) < 4.78 is 14.5. The first kappa shape index (κ1) is 50.3. The van der Waals surface area contributed by atoms with E-state index in [1.165, 1.54) is 122 Å². The van der Waals surface area contributed by atoms with Crippen molar-refractivity contribution in [2.45, 2.75) is 97.3 Å². The van der Waals surface area contributed by atoms with Crippen molar-refractivity contribution in [3.8, 4) is 77.9 Å². The van der Waals surface area contributed by atoms with Gasteiger partial charge in [0.15, 0.2) is 0 Å². The SMILES string of the molecule is CC(C)c1ccc2c(oc3c(-c4ccccc4)cccc32)c1-c1cc2c(c3ccccc13)-c1cc3c(cc1C2(C)C)-c1cc2c(cc1C3(C)C)-c1c(cc(-c3c(C(C)C)ccc4c3oc3c(-c5ccccc5)cccc34)c3ccccc13)C2(C)C. The van der Waals surface area contributed by atoms with Crippen LogP contribution in [0.25, 0.3) is 143 Å². The van der Waals surface area contributed by atoms with Crippen LogP contribution >= 0.6 is 0 Å². The Balaban J connectivity index is 0.834. The molecule has 0 fully saturated rings. The first-order chi connectivity index (χ1) is 41.1. The van der Waals surface area contributed by atoms with Crippen LogP contribution in [0.1, 0.15) is 126 Å². The Kier molecular flexibility index (Phi) is 10.3. The van der Waals surface area contributed by atoms with E-state index in [-0.39, 0.29) is 28.1 Å². The van der Waals surface area contributed by atoms with Crippen LogP contribution in [-0.4, -0.2) is 0 Å². The number of benzene rings is 12. The van der Waals surface area contributed by atoms with E-state index in [4.69, 9.17) is 8.83 Å². The van der Waals surface area contributed by atoms with Crippen molar-refractivity contribution in [3.05, 3.63) is 251 Å². The highest BCUT2D eigenvalue weighted by molar-refractivity contribution is 6.20. The number of fused-ring (bicyclic) bond motifs is 19. The van der Waals surface area contributed by atoms with Gasteiger partial charge >= 0.3 is 0 Å². The Morgan fingerprint density at radius 1 is 0.247 bits per heavy atom. The lowest BCUT2D eigenvalue weighted by molar-refractivity contribution is 0.649. The zero-order chi connectivity index (χ0) is 57.7. The minimum atomic E-state index is -0.298. The van der Waals surface area contributed by atoms with Gasteiger partial charge in [0.1, 0.15) is 22.3 Å². The molecule has 0 atom stereocenters. The fourth-order valence-electron chi connectivity index (χ4n) is 16.3. The van der Waals surface area contributed by atoms with Gasteiger partial charge in [0.2, 0.25) is 0 Å². The normalized spacial score (nSPS) is 15.0. The summed E-state index contributed by atoms with van der Waals surface area (Å²) in [5, 5.41) is 9.70. The summed E-state index contributed by atoms with van der Waals surface area (Å²) in [5.74, 6) is 0.543. The number of hydrogen-bond donors (Lipinski definition) is 0. The third kappa shape index (κ3) is 6.72. The summed E-state index contributed by atoms with van der Waals surface area (Å²) in [6, 6.07) is 77.8. The standard InChI is InChI=1S/C83H66O2/c1-45(2)49-35-37-59-57-33-21-31-51(47-23-13-11-14-24-47)77(57)84-79(59)75(49)63-41-71-73(55-29-19-17-27-53(55)63)65-43-67-61(39-69(65)82(71,7)8)62-40-70-66(44-68(62)81(67,5)6)74-56-30-20-18-28-54(56)64(42-72(74)83(70,9)10)76-50(46(3)4)36-38-60-58-34-22-32-52(78(58)85-80(60)76)48-25-15-12-16-26-48/h11-46H,1-10H3.